The molecule has 0 radical (unpaired) electrons. The molecule has 0 aliphatic heterocycles. The Hall–Kier alpha value is -0.710. The van der Waals surface area contributed by atoms with Crippen molar-refractivity contribution in [1.82, 2.24) is 10.3 Å². The monoisotopic (exact) mass is 310 g/mol. The Kier molecular flexibility index (Phi) is 4.71. The first kappa shape index (κ1) is 12.7. The van der Waals surface area contributed by atoms with Crippen molar-refractivity contribution in [2.45, 2.75) is 19.4 Å². The Morgan fingerprint density at radius 2 is 2.35 bits per heavy atom. The molecule has 0 aromatic carbocycles. The predicted molar refractivity (Wildman–Crippen MR) is 76.4 cm³/mol. The summed E-state index contributed by atoms with van der Waals surface area (Å²) in [6.45, 7) is 3.19. The van der Waals surface area contributed by atoms with E-state index in [1.54, 1.807) is 11.3 Å². The zero-order valence-corrected chi connectivity index (χ0v) is 12.1. The Morgan fingerprint density at radius 1 is 1.47 bits per heavy atom. The molecular weight excluding hydrogens is 296 g/mol. The van der Waals surface area contributed by atoms with Gasteiger partial charge in [0.05, 0.1) is 6.04 Å². The molecule has 0 fully saturated rings. The summed E-state index contributed by atoms with van der Waals surface area (Å²) >= 11 is 5.25. The fourth-order valence-corrected chi connectivity index (χ4v) is 2.92. The van der Waals surface area contributed by atoms with E-state index < -0.39 is 0 Å². The van der Waals surface area contributed by atoms with E-state index in [0.717, 1.165) is 17.4 Å². The molecule has 4 heteroatoms. The zero-order chi connectivity index (χ0) is 12.1. The number of nitrogens with one attached hydrogen (secondary N) is 1. The third kappa shape index (κ3) is 3.37. The molecule has 2 nitrogen and oxygen atoms in total. The average Bonchev–Trinajstić information content (AvgIpc) is 2.83. The Labute approximate surface area is 114 Å². The maximum atomic E-state index is 4.24. The lowest BCUT2D eigenvalue weighted by molar-refractivity contribution is 0.604. The van der Waals surface area contributed by atoms with Crippen LogP contribution < -0.4 is 5.32 Å². The van der Waals surface area contributed by atoms with E-state index in [-0.39, 0.29) is 6.04 Å². The van der Waals surface area contributed by atoms with Crippen LogP contribution in [0.5, 0.6) is 0 Å². The van der Waals surface area contributed by atoms with Crippen LogP contribution in [0.15, 0.2) is 40.4 Å². The summed E-state index contributed by atoms with van der Waals surface area (Å²) in [5, 5.41) is 5.68. The first-order valence-electron chi connectivity index (χ1n) is 5.68. The highest BCUT2D eigenvalue weighted by Crippen LogP contribution is 2.26. The van der Waals surface area contributed by atoms with E-state index >= 15 is 0 Å². The topological polar surface area (TPSA) is 24.9 Å². The molecule has 2 heterocycles. The van der Waals surface area contributed by atoms with Crippen LogP contribution in [-0.4, -0.2) is 11.5 Å². The highest BCUT2D eigenvalue weighted by molar-refractivity contribution is 9.10. The molecule has 0 spiro atoms. The van der Waals surface area contributed by atoms with Crippen molar-refractivity contribution in [1.29, 1.82) is 0 Å². The van der Waals surface area contributed by atoms with Crippen LogP contribution in [-0.2, 0) is 0 Å². The van der Waals surface area contributed by atoms with Crippen molar-refractivity contribution in [3.8, 4) is 0 Å². The van der Waals surface area contributed by atoms with Gasteiger partial charge >= 0.3 is 0 Å². The predicted octanol–water partition coefficient (Wildman–Crippen LogP) is 3.99. The first-order chi connectivity index (χ1) is 8.31. The third-order valence-corrected chi connectivity index (χ3v) is 3.86. The lowest BCUT2D eigenvalue weighted by Crippen LogP contribution is -2.22. The minimum atomic E-state index is 0.250. The van der Waals surface area contributed by atoms with Gasteiger partial charge < -0.3 is 5.32 Å². The van der Waals surface area contributed by atoms with E-state index in [1.807, 2.05) is 12.4 Å². The largest absolute Gasteiger partial charge is 0.306 e. The number of pyridine rings is 1. The second kappa shape index (κ2) is 6.28. The summed E-state index contributed by atoms with van der Waals surface area (Å²) in [6, 6.07) is 6.63. The Balaban J connectivity index is 2.27. The molecule has 2 aromatic heterocycles. The molecule has 0 aliphatic carbocycles. The standard InChI is InChI=1S/C13H15BrN2S/c1-2-5-16-13(12-4-3-6-17-12)10-7-11(14)9-15-8-10/h3-4,6-9,13,16H,2,5H2,1H3. The SMILES string of the molecule is CCCNC(c1cncc(Br)c1)c1cccs1. The number of hydrogen-bond donors (Lipinski definition) is 1. The van der Waals surface area contributed by atoms with Crippen LogP contribution in [0, 0.1) is 0 Å². The first-order valence-corrected chi connectivity index (χ1v) is 7.35. The molecule has 0 aliphatic rings. The zero-order valence-electron chi connectivity index (χ0n) is 9.69. The average molecular weight is 311 g/mol. The van der Waals surface area contributed by atoms with Gasteiger partial charge in [-0.2, -0.15) is 0 Å². The van der Waals surface area contributed by atoms with Crippen molar-refractivity contribution in [2.24, 2.45) is 0 Å². The van der Waals surface area contributed by atoms with Gasteiger partial charge in [-0.15, -0.1) is 11.3 Å². The van der Waals surface area contributed by atoms with Crippen LogP contribution in [0.25, 0.3) is 0 Å². The van der Waals surface area contributed by atoms with E-state index in [1.165, 1.54) is 10.4 Å². The molecule has 0 saturated heterocycles. The lowest BCUT2D eigenvalue weighted by Gasteiger charge is -2.17. The van der Waals surface area contributed by atoms with Crippen LogP contribution in [0.3, 0.4) is 0 Å². The number of nitrogens with zero attached hydrogens (tertiary/aromatic N) is 1. The van der Waals surface area contributed by atoms with E-state index in [9.17, 15) is 0 Å². The highest BCUT2D eigenvalue weighted by Gasteiger charge is 2.14. The molecule has 2 rings (SSSR count). The molecule has 1 atom stereocenters. The number of halogens is 1. The minimum absolute atomic E-state index is 0.250. The van der Waals surface area contributed by atoms with Gasteiger partial charge in [-0.3, -0.25) is 4.98 Å². The van der Waals surface area contributed by atoms with Gasteiger partial charge in [-0.25, -0.2) is 0 Å². The Morgan fingerprint density at radius 3 is 3.00 bits per heavy atom. The summed E-state index contributed by atoms with van der Waals surface area (Å²) < 4.78 is 1.02. The summed E-state index contributed by atoms with van der Waals surface area (Å²) in [5.41, 5.74) is 1.20. The summed E-state index contributed by atoms with van der Waals surface area (Å²) in [6.07, 6.45) is 4.87. The van der Waals surface area contributed by atoms with Gasteiger partial charge in [0.1, 0.15) is 0 Å². The fourth-order valence-electron chi connectivity index (χ4n) is 1.71. The Bertz CT molecular complexity index is 456. The van der Waals surface area contributed by atoms with Crippen molar-refractivity contribution in [2.75, 3.05) is 6.54 Å². The summed E-state index contributed by atoms with van der Waals surface area (Å²) in [4.78, 5) is 5.57. The summed E-state index contributed by atoms with van der Waals surface area (Å²) in [5.74, 6) is 0. The molecule has 1 unspecified atom stereocenters. The fraction of sp³-hybridized carbons (Fsp3) is 0.308. The molecule has 90 valence electrons. The quantitative estimate of drug-likeness (QED) is 0.903. The van der Waals surface area contributed by atoms with E-state index in [0.29, 0.717) is 0 Å². The minimum Gasteiger partial charge on any atom is -0.306 e. The van der Waals surface area contributed by atoms with Crippen LogP contribution >= 0.6 is 27.3 Å². The highest BCUT2D eigenvalue weighted by atomic mass is 79.9. The van der Waals surface area contributed by atoms with Gasteiger partial charge in [0.15, 0.2) is 0 Å². The van der Waals surface area contributed by atoms with Gasteiger partial charge in [0.2, 0.25) is 0 Å². The molecule has 0 bridgehead atoms. The number of rotatable bonds is 5. The molecule has 17 heavy (non-hydrogen) atoms. The van der Waals surface area contributed by atoms with Crippen molar-refractivity contribution < 1.29 is 0 Å². The van der Waals surface area contributed by atoms with Gasteiger partial charge in [-0.05, 0) is 52.0 Å². The molecular formula is C13H15BrN2S. The number of thiophene rings is 1. The van der Waals surface area contributed by atoms with Crippen LogP contribution in [0.2, 0.25) is 0 Å². The van der Waals surface area contributed by atoms with E-state index in [2.05, 4.69) is 56.7 Å². The normalized spacial score (nSPS) is 12.6. The second-order valence-corrected chi connectivity index (χ2v) is 5.73. The molecule has 1 N–H and O–H groups in total. The molecule has 2 aromatic rings. The second-order valence-electron chi connectivity index (χ2n) is 3.84. The van der Waals surface area contributed by atoms with E-state index in [4.69, 9.17) is 0 Å². The third-order valence-electron chi connectivity index (χ3n) is 2.49. The maximum Gasteiger partial charge on any atom is 0.0686 e. The number of aromatic nitrogens is 1. The van der Waals surface area contributed by atoms with Crippen LogP contribution in [0.4, 0.5) is 0 Å². The maximum absolute atomic E-state index is 4.24. The molecule has 0 amide bonds. The van der Waals surface area contributed by atoms with Crippen molar-refractivity contribution in [3.63, 3.8) is 0 Å². The number of hydrogen-bond acceptors (Lipinski definition) is 3. The lowest BCUT2D eigenvalue weighted by atomic mass is 10.1. The van der Waals surface area contributed by atoms with Gasteiger partial charge in [0, 0.05) is 21.7 Å². The van der Waals surface area contributed by atoms with Gasteiger partial charge in [0.25, 0.3) is 0 Å². The molecule has 0 saturated carbocycles. The van der Waals surface area contributed by atoms with Crippen molar-refractivity contribution >= 4 is 27.3 Å². The van der Waals surface area contributed by atoms with Crippen molar-refractivity contribution in [3.05, 3.63) is 50.9 Å². The smallest absolute Gasteiger partial charge is 0.0686 e. The van der Waals surface area contributed by atoms with Crippen LogP contribution in [0.1, 0.15) is 29.8 Å². The van der Waals surface area contributed by atoms with Gasteiger partial charge in [-0.1, -0.05) is 13.0 Å². The summed E-state index contributed by atoms with van der Waals surface area (Å²) in [7, 11) is 0.